The molecule has 1 atom stereocenters. The average Bonchev–Trinajstić information content (AvgIpc) is 2.58. The van der Waals surface area contributed by atoms with Crippen LogP contribution in [0.4, 0.5) is 16.2 Å². The lowest BCUT2D eigenvalue weighted by atomic mass is 10.1. The number of carbonyl (C=O) groups excluding carboxylic acids is 1. The van der Waals surface area contributed by atoms with Gasteiger partial charge in [-0.25, -0.2) is 4.79 Å². The first-order valence-electron chi connectivity index (χ1n) is 8.04. The molecule has 0 aromatic heterocycles. The van der Waals surface area contributed by atoms with Crippen molar-refractivity contribution in [1.29, 1.82) is 0 Å². The molecule has 1 unspecified atom stereocenters. The molecule has 0 aliphatic carbocycles. The van der Waals surface area contributed by atoms with Gasteiger partial charge in [-0.2, -0.15) is 0 Å². The summed E-state index contributed by atoms with van der Waals surface area (Å²) in [6, 6.07) is 13.6. The van der Waals surface area contributed by atoms with Crippen molar-refractivity contribution in [3.63, 3.8) is 0 Å². The van der Waals surface area contributed by atoms with Crippen molar-refractivity contribution in [2.24, 2.45) is 5.73 Å². The van der Waals surface area contributed by atoms with E-state index in [0.717, 1.165) is 24.3 Å². The number of nitrogens with two attached hydrogens (primary N) is 1. The molecule has 4 nitrogen and oxygen atoms in total. The molecule has 2 aromatic carbocycles. The first-order chi connectivity index (χ1) is 12.1. The third-order valence-electron chi connectivity index (χ3n) is 4.09. The van der Waals surface area contributed by atoms with E-state index in [0.29, 0.717) is 17.3 Å². The molecule has 0 saturated heterocycles. The van der Waals surface area contributed by atoms with Crippen molar-refractivity contribution in [3.8, 4) is 0 Å². The number of para-hydroxylation sites is 1. The average molecular weight is 396 g/mol. The van der Waals surface area contributed by atoms with E-state index in [1.807, 2.05) is 30.3 Å². The third-order valence-corrected chi connectivity index (χ3v) is 5.68. The number of urea groups is 1. The van der Waals surface area contributed by atoms with Gasteiger partial charge in [0.2, 0.25) is 0 Å². The van der Waals surface area contributed by atoms with Gasteiger partial charge in [0.15, 0.2) is 0 Å². The van der Waals surface area contributed by atoms with Crippen molar-refractivity contribution in [1.82, 2.24) is 5.32 Å². The van der Waals surface area contributed by atoms with Gasteiger partial charge in [0.05, 0.1) is 11.4 Å². The first kappa shape index (κ1) is 18.2. The molecule has 0 saturated carbocycles. The number of nitrogens with zero attached hydrogens (tertiary/aromatic N) is 1. The standard InChI is InChI=1S/C18H19Cl2N3OS/c19-9-7-13(22-18(21)24)8-10-23-14-3-1-2-4-16(14)25-17-6-5-12(20)11-15(17)23/h1-6,11,13H,7-10H2,(H3,21,22,24). The van der Waals surface area contributed by atoms with E-state index in [-0.39, 0.29) is 6.04 Å². The number of rotatable bonds is 6. The second-order valence-corrected chi connectivity index (χ2v) is 7.70. The van der Waals surface area contributed by atoms with Crippen LogP contribution in [-0.4, -0.2) is 24.5 Å². The van der Waals surface area contributed by atoms with Crippen LogP contribution in [-0.2, 0) is 0 Å². The van der Waals surface area contributed by atoms with Crippen LogP contribution in [0.1, 0.15) is 12.8 Å². The quantitative estimate of drug-likeness (QED) is 0.676. The molecular weight excluding hydrogens is 377 g/mol. The topological polar surface area (TPSA) is 58.4 Å². The van der Waals surface area contributed by atoms with Gasteiger partial charge in [-0.3, -0.25) is 0 Å². The Labute approximate surface area is 161 Å². The predicted molar refractivity (Wildman–Crippen MR) is 105 cm³/mol. The van der Waals surface area contributed by atoms with Gasteiger partial charge in [0.1, 0.15) is 0 Å². The maximum Gasteiger partial charge on any atom is 0.312 e. The number of anilines is 2. The van der Waals surface area contributed by atoms with Crippen LogP contribution in [0.3, 0.4) is 0 Å². The number of primary amides is 1. The van der Waals surface area contributed by atoms with E-state index in [9.17, 15) is 4.79 Å². The van der Waals surface area contributed by atoms with Crippen molar-refractivity contribution in [2.45, 2.75) is 28.7 Å². The number of alkyl halides is 1. The van der Waals surface area contributed by atoms with Gasteiger partial charge in [0, 0.05) is 33.3 Å². The van der Waals surface area contributed by atoms with Crippen molar-refractivity contribution in [3.05, 3.63) is 47.5 Å². The second kappa shape index (κ2) is 8.21. The zero-order valence-electron chi connectivity index (χ0n) is 13.5. The molecule has 0 spiro atoms. The molecule has 25 heavy (non-hydrogen) atoms. The molecule has 2 aromatic rings. The summed E-state index contributed by atoms with van der Waals surface area (Å²) in [6.07, 6.45) is 1.41. The highest BCUT2D eigenvalue weighted by atomic mass is 35.5. The van der Waals surface area contributed by atoms with Gasteiger partial charge in [-0.1, -0.05) is 35.5 Å². The summed E-state index contributed by atoms with van der Waals surface area (Å²) in [5.74, 6) is 0.472. The fourth-order valence-corrected chi connectivity index (χ4v) is 4.46. The minimum atomic E-state index is -0.520. The highest BCUT2D eigenvalue weighted by molar-refractivity contribution is 7.99. The van der Waals surface area contributed by atoms with Crippen LogP contribution >= 0.6 is 35.0 Å². The molecule has 1 heterocycles. The maximum absolute atomic E-state index is 11.2. The Hall–Kier alpha value is -1.56. The van der Waals surface area contributed by atoms with E-state index in [1.165, 1.54) is 9.79 Å². The Kier molecular flexibility index (Phi) is 5.99. The Bertz CT molecular complexity index is 772. The zero-order valence-corrected chi connectivity index (χ0v) is 15.9. The first-order valence-corrected chi connectivity index (χ1v) is 9.77. The molecule has 1 aliphatic rings. The van der Waals surface area contributed by atoms with E-state index < -0.39 is 6.03 Å². The molecule has 132 valence electrons. The van der Waals surface area contributed by atoms with Crippen LogP contribution in [0.2, 0.25) is 5.02 Å². The maximum atomic E-state index is 11.2. The van der Waals surface area contributed by atoms with Gasteiger partial charge in [-0.15, -0.1) is 11.6 Å². The van der Waals surface area contributed by atoms with E-state index in [4.69, 9.17) is 28.9 Å². The Balaban J connectivity index is 1.87. The predicted octanol–water partition coefficient (Wildman–Crippen LogP) is 5.00. The van der Waals surface area contributed by atoms with Gasteiger partial charge in [-0.05, 0) is 43.2 Å². The van der Waals surface area contributed by atoms with Crippen LogP contribution in [0, 0.1) is 0 Å². The van der Waals surface area contributed by atoms with E-state index >= 15 is 0 Å². The Morgan fingerprint density at radius 2 is 1.92 bits per heavy atom. The highest BCUT2D eigenvalue weighted by Gasteiger charge is 2.24. The SMILES string of the molecule is NC(=O)NC(CCCl)CCN1c2ccccc2Sc2ccc(Cl)cc21. The van der Waals surface area contributed by atoms with Crippen LogP contribution in [0.5, 0.6) is 0 Å². The molecular formula is C18H19Cl2N3OS. The Morgan fingerprint density at radius 3 is 2.68 bits per heavy atom. The van der Waals surface area contributed by atoms with Crippen molar-refractivity contribution in [2.75, 3.05) is 17.3 Å². The minimum Gasteiger partial charge on any atom is -0.352 e. The summed E-state index contributed by atoms with van der Waals surface area (Å²) in [7, 11) is 0. The minimum absolute atomic E-state index is 0.0561. The molecule has 0 radical (unpaired) electrons. The summed E-state index contributed by atoms with van der Waals surface area (Å²) in [5, 5.41) is 3.48. The number of hydrogen-bond donors (Lipinski definition) is 2. The van der Waals surface area contributed by atoms with Crippen LogP contribution in [0.15, 0.2) is 52.3 Å². The number of amides is 2. The molecule has 3 N–H and O–H groups in total. The number of hydrogen-bond acceptors (Lipinski definition) is 3. The molecule has 0 fully saturated rings. The molecule has 0 bridgehead atoms. The summed E-state index contributed by atoms with van der Waals surface area (Å²) >= 11 is 13.8. The van der Waals surface area contributed by atoms with Gasteiger partial charge >= 0.3 is 6.03 Å². The van der Waals surface area contributed by atoms with Gasteiger partial charge in [0.25, 0.3) is 0 Å². The zero-order chi connectivity index (χ0) is 17.8. The fraction of sp³-hybridized carbons (Fsp3) is 0.278. The number of halogens is 2. The van der Waals surface area contributed by atoms with Crippen LogP contribution in [0.25, 0.3) is 0 Å². The number of nitrogens with one attached hydrogen (secondary N) is 1. The largest absolute Gasteiger partial charge is 0.352 e. The second-order valence-electron chi connectivity index (χ2n) is 5.81. The monoisotopic (exact) mass is 395 g/mol. The lowest BCUT2D eigenvalue weighted by Gasteiger charge is -2.34. The Morgan fingerprint density at radius 1 is 1.16 bits per heavy atom. The lowest BCUT2D eigenvalue weighted by molar-refractivity contribution is 0.244. The summed E-state index contributed by atoms with van der Waals surface area (Å²) in [4.78, 5) is 15.8. The van der Waals surface area contributed by atoms with Crippen molar-refractivity contribution >= 4 is 52.4 Å². The molecule has 7 heteroatoms. The smallest absolute Gasteiger partial charge is 0.312 e. The van der Waals surface area contributed by atoms with Crippen molar-refractivity contribution < 1.29 is 4.79 Å². The highest BCUT2D eigenvalue weighted by Crippen LogP contribution is 2.48. The third kappa shape index (κ3) is 4.35. The van der Waals surface area contributed by atoms with Gasteiger partial charge < -0.3 is 16.0 Å². The number of carbonyl (C=O) groups is 1. The normalized spacial score (nSPS) is 13.8. The number of benzene rings is 2. The summed E-state index contributed by atoms with van der Waals surface area (Å²) < 4.78 is 0. The summed E-state index contributed by atoms with van der Waals surface area (Å²) in [5.41, 5.74) is 7.51. The number of fused-ring (bicyclic) bond motifs is 2. The lowest BCUT2D eigenvalue weighted by Crippen LogP contribution is -2.40. The fourth-order valence-electron chi connectivity index (χ4n) is 2.95. The molecule has 3 rings (SSSR count). The molecule has 2 amide bonds. The summed E-state index contributed by atoms with van der Waals surface area (Å²) in [6.45, 7) is 0.729. The van der Waals surface area contributed by atoms with Crippen LogP contribution < -0.4 is 16.0 Å². The van der Waals surface area contributed by atoms with E-state index in [1.54, 1.807) is 11.8 Å². The molecule has 1 aliphatic heterocycles. The van der Waals surface area contributed by atoms with E-state index in [2.05, 4.69) is 22.3 Å².